The molecule has 1 rings (SSSR count). The Balaban J connectivity index is 2.75. The molecular formula is C10H16BrN3S. The number of thioether (sulfide) groups is 1. The van der Waals surface area contributed by atoms with Gasteiger partial charge in [0, 0.05) is 18.0 Å². The molecule has 15 heavy (non-hydrogen) atoms. The Bertz CT molecular complexity index is 318. The number of nitrogens with zero attached hydrogens (tertiary/aromatic N) is 2. The van der Waals surface area contributed by atoms with E-state index in [0.29, 0.717) is 11.2 Å². The van der Waals surface area contributed by atoms with E-state index in [9.17, 15) is 0 Å². The van der Waals surface area contributed by atoms with Crippen LogP contribution in [0.1, 0.15) is 27.2 Å². The first-order chi connectivity index (χ1) is 7.13. The Kier molecular flexibility index (Phi) is 5.39. The fourth-order valence-electron chi connectivity index (χ4n) is 0.979. The molecular weight excluding hydrogens is 274 g/mol. The van der Waals surface area contributed by atoms with Crippen molar-refractivity contribution in [1.29, 1.82) is 0 Å². The molecule has 1 aromatic heterocycles. The summed E-state index contributed by atoms with van der Waals surface area (Å²) in [7, 11) is 0. The van der Waals surface area contributed by atoms with Gasteiger partial charge >= 0.3 is 0 Å². The third-order valence-electron chi connectivity index (χ3n) is 1.59. The van der Waals surface area contributed by atoms with Crippen LogP contribution < -0.4 is 5.32 Å². The Morgan fingerprint density at radius 3 is 2.87 bits per heavy atom. The van der Waals surface area contributed by atoms with Crippen LogP contribution in [0.5, 0.6) is 0 Å². The van der Waals surface area contributed by atoms with Crippen molar-refractivity contribution in [2.24, 2.45) is 0 Å². The Labute approximate surface area is 104 Å². The summed E-state index contributed by atoms with van der Waals surface area (Å²) in [4.78, 5) is 8.65. The molecule has 1 heterocycles. The molecule has 0 atom stereocenters. The Morgan fingerprint density at radius 1 is 1.53 bits per heavy atom. The standard InChI is InChI=1S/C10H16BrN3S/c1-4-5-12-10-13-6-8(11)9(14-10)15-7(2)3/h6-7H,4-5H2,1-3H3,(H,12,13,14). The Morgan fingerprint density at radius 2 is 2.27 bits per heavy atom. The second-order valence-electron chi connectivity index (χ2n) is 3.44. The first-order valence-electron chi connectivity index (χ1n) is 5.06. The average Bonchev–Trinajstić information content (AvgIpc) is 2.18. The van der Waals surface area contributed by atoms with E-state index in [1.54, 1.807) is 18.0 Å². The summed E-state index contributed by atoms with van der Waals surface area (Å²) in [5.74, 6) is 0.711. The number of rotatable bonds is 5. The van der Waals surface area contributed by atoms with Gasteiger partial charge in [-0.2, -0.15) is 0 Å². The molecule has 0 spiro atoms. The van der Waals surface area contributed by atoms with Gasteiger partial charge in [0.25, 0.3) is 0 Å². The fourth-order valence-corrected chi connectivity index (χ4v) is 2.20. The maximum Gasteiger partial charge on any atom is 0.223 e. The minimum atomic E-state index is 0.523. The van der Waals surface area contributed by atoms with Gasteiger partial charge in [-0.05, 0) is 22.4 Å². The van der Waals surface area contributed by atoms with Gasteiger partial charge in [-0.15, -0.1) is 11.8 Å². The van der Waals surface area contributed by atoms with Gasteiger partial charge in [0.05, 0.1) is 4.47 Å². The fraction of sp³-hybridized carbons (Fsp3) is 0.600. The maximum atomic E-state index is 4.44. The van der Waals surface area contributed by atoms with E-state index in [4.69, 9.17) is 0 Å². The summed E-state index contributed by atoms with van der Waals surface area (Å²) >= 11 is 5.19. The molecule has 1 N–H and O–H groups in total. The van der Waals surface area contributed by atoms with Crippen LogP contribution in [0, 0.1) is 0 Å². The monoisotopic (exact) mass is 289 g/mol. The number of hydrogen-bond donors (Lipinski definition) is 1. The maximum absolute atomic E-state index is 4.44. The molecule has 0 aliphatic rings. The lowest BCUT2D eigenvalue weighted by Crippen LogP contribution is -2.05. The zero-order valence-electron chi connectivity index (χ0n) is 9.25. The van der Waals surface area contributed by atoms with Crippen LogP contribution in [0.4, 0.5) is 5.95 Å². The van der Waals surface area contributed by atoms with Crippen LogP contribution in [0.15, 0.2) is 15.7 Å². The van der Waals surface area contributed by atoms with Crippen molar-refractivity contribution in [3.8, 4) is 0 Å². The first-order valence-corrected chi connectivity index (χ1v) is 6.73. The topological polar surface area (TPSA) is 37.8 Å². The van der Waals surface area contributed by atoms with E-state index < -0.39 is 0 Å². The largest absolute Gasteiger partial charge is 0.354 e. The summed E-state index contributed by atoms with van der Waals surface area (Å²) < 4.78 is 0.961. The van der Waals surface area contributed by atoms with E-state index in [-0.39, 0.29) is 0 Å². The highest BCUT2D eigenvalue weighted by Gasteiger charge is 2.07. The number of hydrogen-bond acceptors (Lipinski definition) is 4. The molecule has 0 saturated heterocycles. The number of aromatic nitrogens is 2. The molecule has 0 bridgehead atoms. The third-order valence-corrected chi connectivity index (χ3v) is 3.44. The van der Waals surface area contributed by atoms with Gasteiger partial charge in [0.1, 0.15) is 5.03 Å². The van der Waals surface area contributed by atoms with Crippen molar-refractivity contribution < 1.29 is 0 Å². The van der Waals surface area contributed by atoms with Gasteiger partial charge in [-0.3, -0.25) is 0 Å². The first kappa shape index (κ1) is 12.8. The van der Waals surface area contributed by atoms with E-state index in [2.05, 4.69) is 52.0 Å². The molecule has 0 saturated carbocycles. The molecule has 0 aromatic carbocycles. The van der Waals surface area contributed by atoms with Crippen molar-refractivity contribution in [3.05, 3.63) is 10.7 Å². The van der Waals surface area contributed by atoms with E-state index >= 15 is 0 Å². The van der Waals surface area contributed by atoms with Crippen molar-refractivity contribution >= 4 is 33.6 Å². The molecule has 0 unspecified atom stereocenters. The van der Waals surface area contributed by atoms with Gasteiger partial charge in [0.15, 0.2) is 0 Å². The van der Waals surface area contributed by atoms with Crippen LogP contribution in [0.25, 0.3) is 0 Å². The molecule has 84 valence electrons. The molecule has 0 aliphatic carbocycles. The van der Waals surface area contributed by atoms with Crippen LogP contribution >= 0.6 is 27.7 Å². The molecule has 0 amide bonds. The highest BCUT2D eigenvalue weighted by molar-refractivity contribution is 9.10. The molecule has 0 radical (unpaired) electrons. The lowest BCUT2D eigenvalue weighted by atomic mass is 10.5. The number of halogens is 1. The van der Waals surface area contributed by atoms with Crippen molar-refractivity contribution in [2.45, 2.75) is 37.5 Å². The minimum Gasteiger partial charge on any atom is -0.354 e. The summed E-state index contributed by atoms with van der Waals surface area (Å²) in [6.07, 6.45) is 2.88. The SMILES string of the molecule is CCCNc1ncc(Br)c(SC(C)C)n1. The van der Waals surface area contributed by atoms with E-state index in [0.717, 1.165) is 22.5 Å². The highest BCUT2D eigenvalue weighted by atomic mass is 79.9. The van der Waals surface area contributed by atoms with E-state index in [1.165, 1.54) is 0 Å². The molecule has 0 aliphatic heterocycles. The number of anilines is 1. The minimum absolute atomic E-state index is 0.523. The van der Waals surface area contributed by atoms with Crippen LogP contribution in [0.2, 0.25) is 0 Å². The van der Waals surface area contributed by atoms with Crippen molar-refractivity contribution in [3.63, 3.8) is 0 Å². The number of nitrogens with one attached hydrogen (secondary N) is 1. The smallest absolute Gasteiger partial charge is 0.223 e. The second kappa shape index (κ2) is 6.33. The normalized spacial score (nSPS) is 10.7. The average molecular weight is 290 g/mol. The van der Waals surface area contributed by atoms with Gasteiger partial charge < -0.3 is 5.32 Å². The molecule has 1 aromatic rings. The Hall–Kier alpha value is -0.290. The summed E-state index contributed by atoms with van der Waals surface area (Å²) in [6, 6.07) is 0. The highest BCUT2D eigenvalue weighted by Crippen LogP contribution is 2.28. The van der Waals surface area contributed by atoms with Crippen LogP contribution in [-0.4, -0.2) is 21.8 Å². The molecule has 3 nitrogen and oxygen atoms in total. The molecule has 5 heteroatoms. The second-order valence-corrected chi connectivity index (χ2v) is 5.86. The quantitative estimate of drug-likeness (QED) is 0.664. The van der Waals surface area contributed by atoms with Crippen molar-refractivity contribution in [1.82, 2.24) is 9.97 Å². The zero-order valence-corrected chi connectivity index (χ0v) is 11.7. The molecule has 0 fully saturated rings. The van der Waals surface area contributed by atoms with Gasteiger partial charge in [0.2, 0.25) is 5.95 Å². The summed E-state index contributed by atoms with van der Waals surface area (Å²) in [5.41, 5.74) is 0. The van der Waals surface area contributed by atoms with Crippen LogP contribution in [0.3, 0.4) is 0 Å². The zero-order chi connectivity index (χ0) is 11.3. The third kappa shape index (κ3) is 4.38. The van der Waals surface area contributed by atoms with E-state index in [1.807, 2.05) is 0 Å². The van der Waals surface area contributed by atoms with Crippen LogP contribution in [-0.2, 0) is 0 Å². The predicted molar refractivity (Wildman–Crippen MR) is 69.5 cm³/mol. The lowest BCUT2D eigenvalue weighted by molar-refractivity contribution is 0.928. The van der Waals surface area contributed by atoms with Crippen molar-refractivity contribution in [2.75, 3.05) is 11.9 Å². The van der Waals surface area contributed by atoms with Gasteiger partial charge in [-0.25, -0.2) is 9.97 Å². The van der Waals surface area contributed by atoms with Gasteiger partial charge in [-0.1, -0.05) is 20.8 Å². The summed E-state index contributed by atoms with van der Waals surface area (Å²) in [6.45, 7) is 7.33. The summed E-state index contributed by atoms with van der Waals surface area (Å²) in [5, 5.41) is 4.70. The lowest BCUT2D eigenvalue weighted by Gasteiger charge is -2.08. The predicted octanol–water partition coefficient (Wildman–Crippen LogP) is 3.56.